The molecule has 34 heavy (non-hydrogen) atoms. The number of halogens is 3. The molecule has 0 saturated heterocycles. The fourth-order valence-electron chi connectivity index (χ4n) is 4.01. The van der Waals surface area contributed by atoms with E-state index in [-0.39, 0.29) is 29.4 Å². The number of pyridine rings is 1. The van der Waals surface area contributed by atoms with Gasteiger partial charge in [0.15, 0.2) is 24.7 Å². The number of nitriles is 1. The maximum Gasteiger partial charge on any atom is 0.344 e. The van der Waals surface area contributed by atoms with Crippen molar-refractivity contribution in [2.24, 2.45) is 5.73 Å². The van der Waals surface area contributed by atoms with Gasteiger partial charge in [-0.05, 0) is 29.8 Å². The van der Waals surface area contributed by atoms with Crippen LogP contribution in [0.4, 0.5) is 0 Å². The highest BCUT2D eigenvalue weighted by molar-refractivity contribution is 6.42. The molecule has 1 atom stereocenters. The molecule has 0 spiro atoms. The Morgan fingerprint density at radius 3 is 2.50 bits per heavy atom. The van der Waals surface area contributed by atoms with E-state index in [1.807, 2.05) is 47.3 Å². The lowest BCUT2D eigenvalue weighted by Gasteiger charge is -2.25. The number of allylic oxidation sites excluding steroid dienone is 1. The van der Waals surface area contributed by atoms with Gasteiger partial charge in [0, 0.05) is 17.7 Å². The predicted octanol–water partition coefficient (Wildman–Crippen LogP) is 1.66. The van der Waals surface area contributed by atoms with Gasteiger partial charge in [-0.2, -0.15) is 5.26 Å². The second-order valence-corrected chi connectivity index (χ2v) is 8.42. The number of aromatic nitrogens is 1. The Kier molecular flexibility index (Phi) is 6.54. The van der Waals surface area contributed by atoms with E-state index in [9.17, 15) is 10.1 Å². The van der Waals surface area contributed by atoms with E-state index in [1.54, 1.807) is 24.3 Å². The summed E-state index contributed by atoms with van der Waals surface area (Å²) in [6, 6.07) is 18.3. The number of nitrogens with zero attached hydrogens (tertiary/aromatic N) is 2. The van der Waals surface area contributed by atoms with Gasteiger partial charge in [0.1, 0.15) is 17.2 Å². The number of para-hydroxylation sites is 1. The molecule has 9 heteroatoms. The van der Waals surface area contributed by atoms with Crippen LogP contribution in [0, 0.1) is 11.3 Å². The van der Waals surface area contributed by atoms with Crippen molar-refractivity contribution in [2.45, 2.75) is 12.5 Å². The van der Waals surface area contributed by atoms with Gasteiger partial charge in [-0.3, -0.25) is 0 Å². The van der Waals surface area contributed by atoms with Crippen molar-refractivity contribution in [3.8, 4) is 11.8 Å². The molecule has 0 aliphatic carbocycles. The zero-order chi connectivity index (χ0) is 23.1. The highest BCUT2D eigenvalue weighted by Crippen LogP contribution is 2.43. The molecule has 2 aromatic carbocycles. The van der Waals surface area contributed by atoms with Gasteiger partial charge in [-0.15, -0.1) is 0 Å². The Morgan fingerprint density at radius 2 is 1.79 bits per heavy atom. The van der Waals surface area contributed by atoms with Crippen molar-refractivity contribution in [1.29, 1.82) is 5.26 Å². The number of hydrogen-bond acceptors (Lipinski definition) is 5. The number of ether oxygens (including phenoxy) is 1. The third-order valence-corrected chi connectivity index (χ3v) is 6.31. The molecule has 3 heterocycles. The van der Waals surface area contributed by atoms with Crippen molar-refractivity contribution in [1.82, 2.24) is 0 Å². The predicted molar refractivity (Wildman–Crippen MR) is 124 cm³/mol. The van der Waals surface area contributed by atoms with Crippen LogP contribution in [0.3, 0.4) is 0 Å². The molecule has 0 radical (unpaired) electrons. The van der Waals surface area contributed by atoms with E-state index in [4.69, 9.17) is 38.1 Å². The minimum absolute atomic E-state index is 0. The average Bonchev–Trinajstić information content (AvgIpc) is 2.81. The van der Waals surface area contributed by atoms with Gasteiger partial charge >= 0.3 is 5.63 Å². The molecule has 6 nitrogen and oxygen atoms in total. The van der Waals surface area contributed by atoms with E-state index in [2.05, 4.69) is 6.07 Å². The van der Waals surface area contributed by atoms with Crippen LogP contribution in [0.2, 0.25) is 10.0 Å². The highest BCUT2D eigenvalue weighted by atomic mass is 35.5. The summed E-state index contributed by atoms with van der Waals surface area (Å²) in [5, 5.41) is 11.4. The zero-order valence-electron chi connectivity index (χ0n) is 17.5. The highest BCUT2D eigenvalue weighted by Gasteiger charge is 2.35. The quantitative estimate of drug-likeness (QED) is 0.333. The lowest BCUT2D eigenvalue weighted by Crippen LogP contribution is -3.00. The van der Waals surface area contributed by atoms with Crippen LogP contribution < -0.4 is 33.1 Å². The second kappa shape index (κ2) is 9.40. The molecule has 2 N–H and O–H groups in total. The molecule has 0 amide bonds. The Bertz CT molecular complexity index is 1540. The first-order valence-electron chi connectivity index (χ1n) is 10.0. The molecular formula is C25H16Cl3N3O3. The van der Waals surface area contributed by atoms with Gasteiger partial charge in [0.2, 0.25) is 5.88 Å². The van der Waals surface area contributed by atoms with Gasteiger partial charge < -0.3 is 27.3 Å². The number of hydrogen-bond donors (Lipinski definition) is 1. The minimum atomic E-state index is -0.709. The lowest BCUT2D eigenvalue weighted by molar-refractivity contribution is -0.688. The number of fused-ring (bicyclic) bond motifs is 3. The SMILES string of the molecule is N#CC1=C(N)Oc2c(c(=O)oc3ccccc23)C1c1cc[n+](Cc2ccc(Cl)c(Cl)c2)cc1.[Cl-]. The molecule has 170 valence electrons. The zero-order valence-corrected chi connectivity index (χ0v) is 19.7. The van der Waals surface area contributed by atoms with Crippen molar-refractivity contribution < 1.29 is 26.1 Å². The minimum Gasteiger partial charge on any atom is -1.00 e. The van der Waals surface area contributed by atoms with Gasteiger partial charge in [-0.25, -0.2) is 9.36 Å². The first-order valence-corrected chi connectivity index (χ1v) is 10.8. The van der Waals surface area contributed by atoms with Crippen LogP contribution in [0.15, 0.2) is 87.7 Å². The maximum atomic E-state index is 12.9. The van der Waals surface area contributed by atoms with E-state index in [0.717, 1.165) is 5.56 Å². The van der Waals surface area contributed by atoms with Crippen LogP contribution in [-0.4, -0.2) is 0 Å². The van der Waals surface area contributed by atoms with Gasteiger partial charge in [0.05, 0.1) is 26.9 Å². The van der Waals surface area contributed by atoms with Gasteiger partial charge in [0.25, 0.3) is 0 Å². The summed E-state index contributed by atoms with van der Waals surface area (Å²) < 4.78 is 13.2. The Hall–Kier alpha value is -3.50. The molecule has 0 saturated carbocycles. The molecule has 1 unspecified atom stereocenters. The largest absolute Gasteiger partial charge is 1.00 e. The second-order valence-electron chi connectivity index (χ2n) is 7.61. The Morgan fingerprint density at radius 1 is 1.06 bits per heavy atom. The van der Waals surface area contributed by atoms with Crippen molar-refractivity contribution in [3.63, 3.8) is 0 Å². The van der Waals surface area contributed by atoms with Crippen molar-refractivity contribution in [3.05, 3.63) is 116 Å². The molecule has 0 fully saturated rings. The van der Waals surface area contributed by atoms with Gasteiger partial charge in [-0.1, -0.05) is 41.4 Å². The first-order chi connectivity index (χ1) is 16.0. The third kappa shape index (κ3) is 4.10. The molecule has 1 aliphatic heterocycles. The lowest BCUT2D eigenvalue weighted by atomic mass is 9.84. The fourth-order valence-corrected chi connectivity index (χ4v) is 4.34. The number of benzene rings is 2. The fraction of sp³-hybridized carbons (Fsp3) is 0.0800. The van der Waals surface area contributed by atoms with E-state index in [1.165, 1.54) is 0 Å². The van der Waals surface area contributed by atoms with Crippen molar-refractivity contribution >= 4 is 34.2 Å². The maximum absolute atomic E-state index is 12.9. The molecule has 1 aliphatic rings. The van der Waals surface area contributed by atoms with E-state index >= 15 is 0 Å². The molecule has 2 aromatic heterocycles. The van der Waals surface area contributed by atoms with E-state index in [0.29, 0.717) is 38.9 Å². The van der Waals surface area contributed by atoms with Crippen molar-refractivity contribution in [2.75, 3.05) is 0 Å². The number of nitrogens with two attached hydrogens (primary N) is 1. The molecule has 0 bridgehead atoms. The molecular weight excluding hydrogens is 497 g/mol. The molecule has 5 rings (SSSR count). The van der Waals surface area contributed by atoms with Crippen LogP contribution in [-0.2, 0) is 6.54 Å². The topological polar surface area (TPSA) is 93.1 Å². The Labute approximate surface area is 210 Å². The smallest absolute Gasteiger partial charge is 0.344 e. The summed E-state index contributed by atoms with van der Waals surface area (Å²) in [7, 11) is 0. The standard InChI is InChI=1S/C25H16Cl2N3O3.ClH/c26-18-6-5-14(11-19(18)27)13-30-9-7-15(8-10-30)21-17(12-28)24(29)33-23-16-3-1-2-4-20(16)32-25(31)22(21)23;/h1-11,21H,13,29H2;1H/q+1;/p-1. The summed E-state index contributed by atoms with van der Waals surface area (Å²) in [5.74, 6) is -0.423. The summed E-state index contributed by atoms with van der Waals surface area (Å²) >= 11 is 12.1. The monoisotopic (exact) mass is 511 g/mol. The average molecular weight is 513 g/mol. The third-order valence-electron chi connectivity index (χ3n) is 5.57. The van der Waals surface area contributed by atoms with Crippen LogP contribution in [0.5, 0.6) is 5.75 Å². The van der Waals surface area contributed by atoms with Crippen LogP contribution in [0.1, 0.15) is 22.6 Å². The van der Waals surface area contributed by atoms with Crippen LogP contribution in [0.25, 0.3) is 11.0 Å². The summed E-state index contributed by atoms with van der Waals surface area (Å²) in [6.07, 6.45) is 3.72. The molecule has 4 aromatic rings. The van der Waals surface area contributed by atoms with Crippen LogP contribution >= 0.6 is 23.2 Å². The number of rotatable bonds is 3. The van der Waals surface area contributed by atoms with E-state index < -0.39 is 11.5 Å². The summed E-state index contributed by atoms with van der Waals surface area (Å²) in [6.45, 7) is 0.567. The summed E-state index contributed by atoms with van der Waals surface area (Å²) in [5.41, 5.74) is 8.03. The Balaban J connectivity index is 0.00000274. The first kappa shape index (κ1) is 23.7. The summed E-state index contributed by atoms with van der Waals surface area (Å²) in [4.78, 5) is 12.9. The normalized spacial score (nSPS) is 14.7.